The van der Waals surface area contributed by atoms with Gasteiger partial charge < -0.3 is 9.63 Å². The van der Waals surface area contributed by atoms with E-state index in [2.05, 4.69) is 15.1 Å². The molecule has 2 aromatic carbocycles. The summed E-state index contributed by atoms with van der Waals surface area (Å²) >= 11 is 6.22. The minimum atomic E-state index is -0.654. The monoisotopic (exact) mass is 464 g/mol. The van der Waals surface area contributed by atoms with Crippen LogP contribution in [-0.2, 0) is 0 Å². The van der Waals surface area contributed by atoms with Crippen molar-refractivity contribution in [1.82, 2.24) is 24.1 Å². The topological polar surface area (TPSA) is 122 Å². The average molecular weight is 465 g/mol. The third-order valence-corrected chi connectivity index (χ3v) is 5.66. The molecule has 1 unspecified atom stereocenters. The summed E-state index contributed by atoms with van der Waals surface area (Å²) in [6.45, 7) is 1.30. The fourth-order valence-electron chi connectivity index (χ4n) is 3.75. The van der Waals surface area contributed by atoms with Crippen LogP contribution < -0.4 is 5.56 Å². The average Bonchev–Trinajstić information content (AvgIpc) is 3.47. The van der Waals surface area contributed by atoms with Crippen LogP contribution in [0.5, 0.6) is 0 Å². The fourth-order valence-corrected chi connectivity index (χ4v) is 3.94. The Labute approximate surface area is 189 Å². The summed E-state index contributed by atoms with van der Waals surface area (Å²) in [4.78, 5) is 22.2. The van der Waals surface area contributed by atoms with Crippen LogP contribution in [0.2, 0.25) is 5.02 Å². The molecule has 0 aliphatic rings. The Morgan fingerprint density at radius 2 is 2.00 bits per heavy atom. The van der Waals surface area contributed by atoms with Crippen molar-refractivity contribution in [2.45, 2.75) is 13.0 Å². The van der Waals surface area contributed by atoms with E-state index in [4.69, 9.17) is 16.1 Å². The Morgan fingerprint density at radius 1 is 1.24 bits per heavy atom. The van der Waals surface area contributed by atoms with Crippen LogP contribution in [0.25, 0.3) is 39.5 Å². The summed E-state index contributed by atoms with van der Waals surface area (Å²) in [5.41, 5.74) is 1.18. The van der Waals surface area contributed by atoms with E-state index in [1.165, 1.54) is 39.6 Å². The van der Waals surface area contributed by atoms with Gasteiger partial charge in [-0.15, -0.1) is 0 Å². The second kappa shape index (κ2) is 7.81. The van der Waals surface area contributed by atoms with Crippen molar-refractivity contribution >= 4 is 28.2 Å². The molecule has 164 valence electrons. The molecule has 33 heavy (non-hydrogen) atoms. The number of halogens is 2. The van der Waals surface area contributed by atoms with Crippen LogP contribution in [0.15, 0.2) is 52.0 Å². The molecule has 0 saturated heterocycles. The number of rotatable bonds is 4. The van der Waals surface area contributed by atoms with E-state index in [1.54, 1.807) is 19.1 Å². The number of fused-ring (bicyclic) bond motifs is 3. The lowest BCUT2D eigenvalue weighted by atomic mass is 10.1. The zero-order valence-corrected chi connectivity index (χ0v) is 17.8. The number of aromatic nitrogens is 5. The molecule has 5 rings (SSSR count). The van der Waals surface area contributed by atoms with Gasteiger partial charge in [0.15, 0.2) is 0 Å². The number of nitriles is 1. The molecular weight excluding hydrogens is 451 g/mol. The number of benzene rings is 2. The fraction of sp³-hybridized carbons (Fsp3) is 0.136. The molecular formula is C22H14ClFN6O3. The summed E-state index contributed by atoms with van der Waals surface area (Å²) in [6, 6.07) is 10.1. The summed E-state index contributed by atoms with van der Waals surface area (Å²) in [5, 5.41) is 23.6. The smallest absolute Gasteiger partial charge is 0.278 e. The molecule has 11 heteroatoms. The second-order valence-electron chi connectivity index (χ2n) is 7.35. The molecule has 0 aliphatic heterocycles. The quantitative estimate of drug-likeness (QED) is 0.431. The Hall–Kier alpha value is -4.07. The number of nitrogens with zero attached hydrogens (tertiary/aromatic N) is 6. The maximum atomic E-state index is 13.6. The number of imidazole rings is 1. The number of hydrogen-bond acceptors (Lipinski definition) is 7. The third kappa shape index (κ3) is 3.17. The van der Waals surface area contributed by atoms with Crippen LogP contribution >= 0.6 is 11.6 Å². The first-order valence-corrected chi connectivity index (χ1v) is 10.2. The Morgan fingerprint density at radius 3 is 2.70 bits per heavy atom. The first kappa shape index (κ1) is 20.8. The highest BCUT2D eigenvalue weighted by Crippen LogP contribution is 2.30. The number of aliphatic hydroxyl groups excluding tert-OH is 1. The van der Waals surface area contributed by atoms with Gasteiger partial charge in [0.2, 0.25) is 5.82 Å². The van der Waals surface area contributed by atoms with Crippen LogP contribution in [0.3, 0.4) is 0 Å². The minimum absolute atomic E-state index is 0.0611. The summed E-state index contributed by atoms with van der Waals surface area (Å²) < 4.78 is 21.4. The lowest BCUT2D eigenvalue weighted by Gasteiger charge is -2.18. The van der Waals surface area contributed by atoms with E-state index in [0.29, 0.717) is 11.1 Å². The van der Waals surface area contributed by atoms with Crippen molar-refractivity contribution in [2.75, 3.05) is 6.61 Å². The van der Waals surface area contributed by atoms with Gasteiger partial charge in [0, 0.05) is 5.56 Å². The molecule has 3 heterocycles. The van der Waals surface area contributed by atoms with E-state index in [-0.39, 0.29) is 45.6 Å². The summed E-state index contributed by atoms with van der Waals surface area (Å²) in [7, 11) is 0. The van der Waals surface area contributed by atoms with Crippen LogP contribution in [0.4, 0.5) is 4.39 Å². The molecule has 5 aromatic rings. The van der Waals surface area contributed by atoms with Crippen molar-refractivity contribution in [3.63, 3.8) is 0 Å². The third-order valence-electron chi connectivity index (χ3n) is 5.34. The van der Waals surface area contributed by atoms with Gasteiger partial charge >= 0.3 is 0 Å². The first-order chi connectivity index (χ1) is 15.9. The highest BCUT2D eigenvalue weighted by molar-refractivity contribution is 6.32. The molecule has 0 spiro atoms. The van der Waals surface area contributed by atoms with Gasteiger partial charge in [-0.3, -0.25) is 13.8 Å². The van der Waals surface area contributed by atoms with Gasteiger partial charge in [-0.25, -0.2) is 9.37 Å². The van der Waals surface area contributed by atoms with Gasteiger partial charge in [0.1, 0.15) is 29.4 Å². The van der Waals surface area contributed by atoms with Crippen LogP contribution in [0.1, 0.15) is 18.5 Å². The highest BCUT2D eigenvalue weighted by atomic mass is 35.5. The van der Waals surface area contributed by atoms with Crippen molar-refractivity contribution in [1.29, 1.82) is 5.26 Å². The Bertz CT molecular complexity index is 1630. The van der Waals surface area contributed by atoms with E-state index in [9.17, 15) is 19.6 Å². The molecule has 1 N–H and O–H groups in total. The zero-order valence-electron chi connectivity index (χ0n) is 17.0. The van der Waals surface area contributed by atoms with Gasteiger partial charge in [-0.1, -0.05) is 16.8 Å². The van der Waals surface area contributed by atoms with E-state index in [0.717, 1.165) is 0 Å². The number of hydrogen-bond donors (Lipinski definition) is 1. The second-order valence-corrected chi connectivity index (χ2v) is 7.76. The standard InChI is InChI=1S/C22H14ClFN6O3/c1-11(9-31)30-18-14(8-25)15(23)6-7-16(18)29-10-26-17(19(29)22(30)32)20-27-21(33-28-20)12-2-4-13(24)5-3-12/h2-7,10-11,31H,9H2,1H3. The first-order valence-electron chi connectivity index (χ1n) is 9.79. The lowest BCUT2D eigenvalue weighted by molar-refractivity contribution is 0.239. The van der Waals surface area contributed by atoms with Gasteiger partial charge in [0.25, 0.3) is 11.4 Å². The molecule has 9 nitrogen and oxygen atoms in total. The van der Waals surface area contributed by atoms with E-state index < -0.39 is 17.4 Å². The maximum absolute atomic E-state index is 13.6. The molecule has 0 saturated carbocycles. The van der Waals surface area contributed by atoms with Gasteiger partial charge in [0.05, 0.1) is 34.3 Å². The van der Waals surface area contributed by atoms with E-state index >= 15 is 0 Å². The van der Waals surface area contributed by atoms with Crippen LogP contribution in [0, 0.1) is 17.1 Å². The lowest BCUT2D eigenvalue weighted by Crippen LogP contribution is -2.28. The minimum Gasteiger partial charge on any atom is -0.394 e. The largest absolute Gasteiger partial charge is 0.394 e. The SMILES string of the molecule is CC(CO)n1c(=O)c2c(-c3noc(-c4ccc(F)cc4)n3)ncn2c2ccc(Cl)c(C#N)c21. The predicted molar refractivity (Wildman–Crippen MR) is 117 cm³/mol. The zero-order chi connectivity index (χ0) is 23.3. The molecule has 3 aromatic heterocycles. The highest BCUT2D eigenvalue weighted by Gasteiger charge is 2.24. The normalized spacial score (nSPS) is 12.3. The predicted octanol–water partition coefficient (Wildman–Crippen LogP) is 3.58. The Balaban J connectivity index is 1.81. The summed E-state index contributed by atoms with van der Waals surface area (Å²) in [5.74, 6) is -0.207. The van der Waals surface area contributed by atoms with Crippen molar-refractivity contribution in [3.8, 4) is 29.0 Å². The van der Waals surface area contributed by atoms with Crippen molar-refractivity contribution in [2.24, 2.45) is 0 Å². The van der Waals surface area contributed by atoms with E-state index in [1.807, 2.05) is 6.07 Å². The van der Waals surface area contributed by atoms with Crippen molar-refractivity contribution < 1.29 is 14.0 Å². The van der Waals surface area contributed by atoms with Gasteiger partial charge in [-0.2, -0.15) is 10.2 Å². The van der Waals surface area contributed by atoms with Gasteiger partial charge in [-0.05, 0) is 43.3 Å². The number of aliphatic hydroxyl groups is 1. The van der Waals surface area contributed by atoms with Crippen LogP contribution in [-0.4, -0.2) is 35.8 Å². The summed E-state index contributed by atoms with van der Waals surface area (Å²) in [6.07, 6.45) is 1.42. The molecule has 0 aliphatic carbocycles. The molecule has 0 radical (unpaired) electrons. The van der Waals surface area contributed by atoms with Crippen molar-refractivity contribution in [3.05, 3.63) is 69.5 Å². The molecule has 0 amide bonds. The molecule has 0 fully saturated rings. The molecule has 1 atom stereocenters. The molecule has 0 bridgehead atoms. The Kier molecular flexibility index (Phi) is 4.92. The maximum Gasteiger partial charge on any atom is 0.278 e.